The van der Waals surface area contributed by atoms with Gasteiger partial charge >= 0.3 is 30.0 Å². The number of methoxy groups -OCH3 is 1. The average Bonchev–Trinajstić information content (AvgIpc) is 3.28. The molecule has 0 aliphatic carbocycles. The number of nitrogens with one attached hydrogen (secondary N) is 3. The number of carboxylic acids is 2. The molecule has 0 radical (unpaired) electrons. The molecule has 4 aromatic rings. The minimum atomic E-state index is -5.08. The number of aromatic amines is 1. The normalized spacial score (nSPS) is 11.1. The molecule has 0 saturated heterocycles. The number of hydrogen-bond donors (Lipinski definition) is 5. The van der Waals surface area contributed by atoms with Crippen LogP contribution in [-0.4, -0.2) is 56.6 Å². The molecule has 2 heterocycles. The number of carbonyl (C=O) groups is 2. The van der Waals surface area contributed by atoms with Crippen molar-refractivity contribution in [3.05, 3.63) is 63.5 Å². The zero-order valence-electron chi connectivity index (χ0n) is 22.9. The first-order valence-corrected chi connectivity index (χ1v) is 11.7. The lowest BCUT2D eigenvalue weighted by Crippen LogP contribution is -2.21. The summed E-state index contributed by atoms with van der Waals surface area (Å²) in [5, 5.41) is 20.5. The maximum atomic E-state index is 14.2. The molecule has 5 N–H and O–H groups in total. The minimum absolute atomic E-state index is 0.115. The van der Waals surface area contributed by atoms with Crippen molar-refractivity contribution in [2.24, 2.45) is 0 Å². The number of carboxylic acid groups (broad SMARTS) is 2. The van der Waals surface area contributed by atoms with Crippen molar-refractivity contribution in [2.75, 3.05) is 17.7 Å². The summed E-state index contributed by atoms with van der Waals surface area (Å²) in [6.07, 6.45) is -8.51. The third-order valence-corrected chi connectivity index (χ3v) is 5.29. The molecule has 0 atom stereocenters. The Balaban J connectivity index is 0.000000402. The maximum Gasteiger partial charge on any atom is 0.490 e. The summed E-state index contributed by atoms with van der Waals surface area (Å²) in [5.41, 5.74) is 4.24. The summed E-state index contributed by atoms with van der Waals surface area (Å²) in [6, 6.07) is 6.66. The monoisotopic (exact) mass is 637 g/mol. The Morgan fingerprint density at radius 3 is 1.98 bits per heavy atom. The summed E-state index contributed by atoms with van der Waals surface area (Å²) in [6.45, 7) is 5.82. The number of hydrogen-bond acceptors (Lipinski definition) is 9. The standard InChI is InChI=1S/C21H20FN5O3.2C2HF3O2/c1-10-5-13(8-17(29-4)12(10)3)25-20-23-9-11(2)19(27-20)24-14-6-15(22)18-16(7-14)26-21(28)30-18;2*3-2(4,5)1(6)7/h5-9H,1-4H3,(H,26,28)(H2,23,24,25,27);2*(H,6,7). The maximum absolute atomic E-state index is 14.2. The molecule has 12 nitrogen and oxygen atoms in total. The van der Waals surface area contributed by atoms with Crippen LogP contribution in [0.25, 0.3) is 11.1 Å². The van der Waals surface area contributed by atoms with Gasteiger partial charge in [-0.15, -0.1) is 0 Å². The average molecular weight is 637 g/mol. The summed E-state index contributed by atoms with van der Waals surface area (Å²) < 4.78 is 87.9. The van der Waals surface area contributed by atoms with E-state index < -0.39 is 35.9 Å². The van der Waals surface area contributed by atoms with Gasteiger partial charge in [-0.05, 0) is 44.0 Å². The summed E-state index contributed by atoms with van der Waals surface area (Å²) in [5.74, 6) is -5.25. The molecule has 44 heavy (non-hydrogen) atoms. The molecule has 0 bridgehead atoms. The summed E-state index contributed by atoms with van der Waals surface area (Å²) in [4.78, 5) is 40.4. The topological polar surface area (TPSA) is 180 Å². The lowest BCUT2D eigenvalue weighted by molar-refractivity contribution is -0.193. The third-order valence-electron chi connectivity index (χ3n) is 5.29. The van der Waals surface area contributed by atoms with Crippen LogP contribution < -0.4 is 21.1 Å². The molecule has 0 aliphatic heterocycles. The van der Waals surface area contributed by atoms with Gasteiger partial charge in [0.05, 0.1) is 12.6 Å². The van der Waals surface area contributed by atoms with E-state index in [0.29, 0.717) is 17.5 Å². The second kappa shape index (κ2) is 13.7. The number of oxazole rings is 1. The van der Waals surface area contributed by atoms with Crippen LogP contribution in [0.1, 0.15) is 16.7 Å². The lowest BCUT2D eigenvalue weighted by atomic mass is 10.1. The highest BCUT2D eigenvalue weighted by Gasteiger charge is 2.38. The summed E-state index contributed by atoms with van der Waals surface area (Å²) in [7, 11) is 1.62. The Kier molecular flexibility index (Phi) is 10.9. The largest absolute Gasteiger partial charge is 0.496 e. The van der Waals surface area contributed by atoms with Crippen LogP contribution in [0.4, 0.5) is 53.9 Å². The van der Waals surface area contributed by atoms with E-state index in [1.165, 1.54) is 6.07 Å². The van der Waals surface area contributed by atoms with Crippen molar-refractivity contribution in [3.8, 4) is 5.75 Å². The van der Waals surface area contributed by atoms with E-state index >= 15 is 0 Å². The number of ether oxygens (including phenoxy) is 1. The second-order valence-electron chi connectivity index (χ2n) is 8.55. The van der Waals surface area contributed by atoms with E-state index in [0.717, 1.165) is 28.1 Å². The first-order valence-electron chi connectivity index (χ1n) is 11.7. The number of aliphatic carboxylic acids is 2. The zero-order valence-corrected chi connectivity index (χ0v) is 22.9. The number of aryl methyl sites for hydroxylation is 2. The minimum Gasteiger partial charge on any atom is -0.496 e. The predicted octanol–water partition coefficient (Wildman–Crippen LogP) is 5.74. The molecule has 2 aromatic carbocycles. The fourth-order valence-electron chi connectivity index (χ4n) is 3.10. The number of aromatic nitrogens is 3. The molecule has 238 valence electrons. The van der Waals surface area contributed by atoms with Crippen LogP contribution in [0.3, 0.4) is 0 Å². The molecule has 4 rings (SSSR count). The highest BCUT2D eigenvalue weighted by Crippen LogP contribution is 2.29. The fourth-order valence-corrected chi connectivity index (χ4v) is 3.10. The highest BCUT2D eigenvalue weighted by molar-refractivity contribution is 5.79. The van der Waals surface area contributed by atoms with E-state index in [9.17, 15) is 35.5 Å². The van der Waals surface area contributed by atoms with E-state index in [-0.39, 0.29) is 11.1 Å². The number of fused-ring (bicyclic) bond motifs is 1. The van der Waals surface area contributed by atoms with Gasteiger partial charge in [-0.2, -0.15) is 31.3 Å². The van der Waals surface area contributed by atoms with Crippen molar-refractivity contribution in [2.45, 2.75) is 33.1 Å². The van der Waals surface area contributed by atoms with E-state index in [4.69, 9.17) is 29.0 Å². The van der Waals surface area contributed by atoms with Crippen LogP contribution in [-0.2, 0) is 9.59 Å². The van der Waals surface area contributed by atoms with Crippen LogP contribution in [0, 0.1) is 26.6 Å². The third kappa shape index (κ3) is 9.60. The van der Waals surface area contributed by atoms with Gasteiger partial charge in [-0.3, -0.25) is 4.98 Å². The number of H-pyrrole nitrogens is 1. The van der Waals surface area contributed by atoms with Gasteiger partial charge in [0.1, 0.15) is 11.6 Å². The van der Waals surface area contributed by atoms with E-state index in [1.807, 2.05) is 32.9 Å². The second-order valence-corrected chi connectivity index (χ2v) is 8.55. The number of anilines is 4. The van der Waals surface area contributed by atoms with Crippen LogP contribution >= 0.6 is 0 Å². The Hall–Kier alpha value is -5.36. The van der Waals surface area contributed by atoms with E-state index in [1.54, 1.807) is 19.4 Å². The lowest BCUT2D eigenvalue weighted by Gasteiger charge is -2.14. The molecule has 0 saturated carbocycles. The SMILES string of the molecule is COc1cc(Nc2ncc(C)c(Nc3cc(F)c4oc(=O)[nH]c4c3)n2)cc(C)c1C.O=C(O)C(F)(F)F.O=C(O)C(F)(F)F. The van der Waals surface area contributed by atoms with Gasteiger partial charge in [0, 0.05) is 35.3 Å². The van der Waals surface area contributed by atoms with Crippen LogP contribution in [0.2, 0.25) is 0 Å². The number of benzene rings is 2. The van der Waals surface area contributed by atoms with Crippen molar-refractivity contribution in [3.63, 3.8) is 0 Å². The number of nitrogens with zero attached hydrogens (tertiary/aromatic N) is 2. The van der Waals surface area contributed by atoms with Crippen LogP contribution in [0.5, 0.6) is 5.75 Å². The zero-order chi connectivity index (χ0) is 33.6. The van der Waals surface area contributed by atoms with Crippen molar-refractivity contribution >= 4 is 46.2 Å². The highest BCUT2D eigenvalue weighted by atomic mass is 19.4. The first-order chi connectivity index (χ1) is 20.2. The van der Waals surface area contributed by atoms with Crippen molar-refractivity contribution < 1.29 is 59.7 Å². The van der Waals surface area contributed by atoms with E-state index in [2.05, 4.69) is 25.6 Å². The molecule has 0 amide bonds. The Labute approximate surface area is 241 Å². The van der Waals surface area contributed by atoms with Crippen molar-refractivity contribution in [1.29, 1.82) is 0 Å². The van der Waals surface area contributed by atoms with Gasteiger partial charge in [-0.25, -0.2) is 23.8 Å². The first kappa shape index (κ1) is 34.8. The van der Waals surface area contributed by atoms with Gasteiger partial charge in [0.25, 0.3) is 0 Å². The molecular formula is C25H22F7N5O7. The Morgan fingerprint density at radius 2 is 1.45 bits per heavy atom. The number of rotatable bonds is 5. The Bertz CT molecular complexity index is 1690. The smallest absolute Gasteiger partial charge is 0.490 e. The quantitative estimate of drug-likeness (QED) is 0.169. The van der Waals surface area contributed by atoms with Gasteiger partial charge in [0.15, 0.2) is 11.4 Å². The number of halogens is 7. The molecule has 0 aliphatic rings. The van der Waals surface area contributed by atoms with Gasteiger partial charge in [0.2, 0.25) is 5.95 Å². The van der Waals surface area contributed by atoms with Crippen molar-refractivity contribution in [1.82, 2.24) is 15.0 Å². The molecule has 2 aromatic heterocycles. The fraction of sp³-hybridized carbons (Fsp3) is 0.240. The summed E-state index contributed by atoms with van der Waals surface area (Å²) >= 11 is 0. The Morgan fingerprint density at radius 1 is 0.909 bits per heavy atom. The number of alkyl halides is 6. The predicted molar refractivity (Wildman–Crippen MR) is 140 cm³/mol. The molecule has 19 heteroatoms. The van der Waals surface area contributed by atoms with Gasteiger partial charge < -0.3 is 30.0 Å². The molecular weight excluding hydrogens is 615 g/mol. The molecule has 0 unspecified atom stereocenters. The molecule has 0 spiro atoms. The van der Waals surface area contributed by atoms with Crippen LogP contribution in [0.15, 0.2) is 39.7 Å². The van der Waals surface area contributed by atoms with Gasteiger partial charge in [-0.1, -0.05) is 0 Å². The molecule has 0 fully saturated rings.